The van der Waals surface area contributed by atoms with E-state index in [2.05, 4.69) is 44.3 Å². The first-order valence-electron chi connectivity index (χ1n) is 6.46. The number of likely N-dealkylation sites (N-methyl/N-ethyl adjacent to an activating group) is 1. The lowest BCUT2D eigenvalue weighted by atomic mass is 9.97. The van der Waals surface area contributed by atoms with Crippen LogP contribution in [0.3, 0.4) is 0 Å². The van der Waals surface area contributed by atoms with Crippen molar-refractivity contribution >= 4 is 0 Å². The molecule has 2 heteroatoms. The summed E-state index contributed by atoms with van der Waals surface area (Å²) in [5, 5.41) is 3.33. The van der Waals surface area contributed by atoms with E-state index in [4.69, 9.17) is 4.74 Å². The second-order valence-electron chi connectivity index (χ2n) is 4.82. The molecule has 0 aliphatic carbocycles. The molecule has 0 aliphatic rings. The summed E-state index contributed by atoms with van der Waals surface area (Å²) in [7, 11) is 3.77. The molecule has 1 aromatic carbocycles. The smallest absolute Gasteiger partial charge is 0.122 e. The van der Waals surface area contributed by atoms with Gasteiger partial charge in [-0.15, -0.1) is 0 Å². The minimum atomic E-state index is 0.522. The van der Waals surface area contributed by atoms with Gasteiger partial charge in [0.1, 0.15) is 5.75 Å². The summed E-state index contributed by atoms with van der Waals surface area (Å²) < 4.78 is 5.50. The average Bonchev–Trinajstić information content (AvgIpc) is 2.35. The highest BCUT2D eigenvalue weighted by Gasteiger charge is 2.11. The monoisotopic (exact) mass is 235 g/mol. The number of hydrogen-bond acceptors (Lipinski definition) is 2. The van der Waals surface area contributed by atoms with Crippen LogP contribution in [-0.2, 0) is 6.42 Å². The molecule has 0 aromatic heterocycles. The third-order valence-corrected chi connectivity index (χ3v) is 3.35. The van der Waals surface area contributed by atoms with Crippen LogP contribution in [0.15, 0.2) is 18.2 Å². The molecule has 0 amide bonds. The molecule has 96 valence electrons. The van der Waals surface area contributed by atoms with Crippen LogP contribution in [0.25, 0.3) is 0 Å². The van der Waals surface area contributed by atoms with Crippen LogP contribution in [0.4, 0.5) is 0 Å². The molecule has 17 heavy (non-hydrogen) atoms. The number of methoxy groups -OCH3 is 1. The van der Waals surface area contributed by atoms with Gasteiger partial charge in [-0.2, -0.15) is 0 Å². The van der Waals surface area contributed by atoms with Gasteiger partial charge >= 0.3 is 0 Å². The molecule has 1 unspecified atom stereocenters. The average molecular weight is 235 g/mol. The Labute approximate surface area is 105 Å². The van der Waals surface area contributed by atoms with Gasteiger partial charge in [0.25, 0.3) is 0 Å². The lowest BCUT2D eigenvalue weighted by Crippen LogP contribution is -2.26. The normalized spacial score (nSPS) is 12.8. The summed E-state index contributed by atoms with van der Waals surface area (Å²) in [6, 6.07) is 7.11. The van der Waals surface area contributed by atoms with Crippen LogP contribution in [0.2, 0.25) is 0 Å². The molecular weight excluding hydrogens is 210 g/mol. The summed E-state index contributed by atoms with van der Waals surface area (Å²) in [6.45, 7) is 6.61. The highest BCUT2D eigenvalue weighted by molar-refractivity contribution is 5.39. The van der Waals surface area contributed by atoms with Crippen molar-refractivity contribution in [3.63, 3.8) is 0 Å². The standard InChI is InChI=1S/C15H25NO/c1-6-14(16-4)9-13-8-7-12(11(2)3)10-15(13)17-5/h7-8,10-11,14,16H,6,9H2,1-5H3. The molecule has 1 aromatic rings. The zero-order chi connectivity index (χ0) is 12.8. The highest BCUT2D eigenvalue weighted by Crippen LogP contribution is 2.25. The summed E-state index contributed by atoms with van der Waals surface area (Å²) >= 11 is 0. The van der Waals surface area contributed by atoms with Gasteiger partial charge in [-0.3, -0.25) is 0 Å². The molecule has 0 saturated carbocycles. The quantitative estimate of drug-likeness (QED) is 0.816. The Morgan fingerprint density at radius 2 is 2.00 bits per heavy atom. The van der Waals surface area contributed by atoms with Crippen molar-refractivity contribution in [1.82, 2.24) is 5.32 Å². The highest BCUT2D eigenvalue weighted by atomic mass is 16.5. The predicted octanol–water partition coefficient (Wildman–Crippen LogP) is 3.36. The maximum Gasteiger partial charge on any atom is 0.122 e. The van der Waals surface area contributed by atoms with Crippen molar-refractivity contribution in [3.05, 3.63) is 29.3 Å². The van der Waals surface area contributed by atoms with Crippen LogP contribution < -0.4 is 10.1 Å². The molecule has 0 fully saturated rings. The Balaban J connectivity index is 2.92. The lowest BCUT2D eigenvalue weighted by molar-refractivity contribution is 0.404. The second kappa shape index (κ2) is 6.65. The predicted molar refractivity (Wildman–Crippen MR) is 73.9 cm³/mol. The van der Waals surface area contributed by atoms with Crippen molar-refractivity contribution in [2.75, 3.05) is 14.2 Å². The van der Waals surface area contributed by atoms with Crippen LogP contribution >= 0.6 is 0 Å². The molecular formula is C15H25NO. The molecule has 0 bridgehead atoms. The fourth-order valence-electron chi connectivity index (χ4n) is 2.00. The van der Waals surface area contributed by atoms with Gasteiger partial charge in [0, 0.05) is 6.04 Å². The van der Waals surface area contributed by atoms with Crippen LogP contribution in [0.5, 0.6) is 5.75 Å². The SMILES string of the molecule is CCC(Cc1ccc(C(C)C)cc1OC)NC. The Bertz CT molecular complexity index is 343. The molecule has 1 N–H and O–H groups in total. The zero-order valence-electron chi connectivity index (χ0n) is 11.7. The van der Waals surface area contributed by atoms with Crippen molar-refractivity contribution < 1.29 is 4.74 Å². The van der Waals surface area contributed by atoms with Gasteiger partial charge in [0.05, 0.1) is 7.11 Å². The number of ether oxygens (including phenoxy) is 1. The first-order chi connectivity index (χ1) is 8.12. The fourth-order valence-corrected chi connectivity index (χ4v) is 2.00. The van der Waals surface area contributed by atoms with Crippen molar-refractivity contribution in [2.45, 2.75) is 45.6 Å². The van der Waals surface area contributed by atoms with E-state index in [1.165, 1.54) is 11.1 Å². The molecule has 1 atom stereocenters. The van der Waals surface area contributed by atoms with E-state index in [1.54, 1.807) is 7.11 Å². The molecule has 0 radical (unpaired) electrons. The number of benzene rings is 1. The maximum absolute atomic E-state index is 5.50. The third kappa shape index (κ3) is 3.74. The zero-order valence-corrected chi connectivity index (χ0v) is 11.7. The number of nitrogens with one attached hydrogen (secondary N) is 1. The summed E-state index contributed by atoms with van der Waals surface area (Å²) in [6.07, 6.45) is 2.15. The Morgan fingerprint density at radius 3 is 2.47 bits per heavy atom. The first-order valence-corrected chi connectivity index (χ1v) is 6.46. The van der Waals surface area contributed by atoms with Gasteiger partial charge in [0.15, 0.2) is 0 Å². The molecule has 0 spiro atoms. The molecule has 2 nitrogen and oxygen atoms in total. The van der Waals surface area contributed by atoms with E-state index >= 15 is 0 Å². The van der Waals surface area contributed by atoms with Gasteiger partial charge in [-0.25, -0.2) is 0 Å². The van der Waals surface area contributed by atoms with Crippen LogP contribution in [-0.4, -0.2) is 20.2 Å². The van der Waals surface area contributed by atoms with E-state index in [1.807, 2.05) is 7.05 Å². The van der Waals surface area contributed by atoms with Gasteiger partial charge in [-0.05, 0) is 43.0 Å². The van der Waals surface area contributed by atoms with Gasteiger partial charge in [0.2, 0.25) is 0 Å². The lowest BCUT2D eigenvalue weighted by Gasteiger charge is -2.17. The summed E-state index contributed by atoms with van der Waals surface area (Å²) in [5.74, 6) is 1.56. The van der Waals surface area contributed by atoms with E-state index < -0.39 is 0 Å². The van der Waals surface area contributed by atoms with Crippen molar-refractivity contribution in [1.29, 1.82) is 0 Å². The van der Waals surface area contributed by atoms with Crippen LogP contribution in [0.1, 0.15) is 44.2 Å². The van der Waals surface area contributed by atoms with Crippen molar-refractivity contribution in [3.8, 4) is 5.75 Å². The van der Waals surface area contributed by atoms with Crippen LogP contribution in [0, 0.1) is 0 Å². The van der Waals surface area contributed by atoms with Gasteiger partial charge in [-0.1, -0.05) is 32.9 Å². The second-order valence-corrected chi connectivity index (χ2v) is 4.82. The van der Waals surface area contributed by atoms with Gasteiger partial charge < -0.3 is 10.1 Å². The Hall–Kier alpha value is -1.02. The molecule has 1 rings (SSSR count). The maximum atomic E-state index is 5.50. The van der Waals surface area contributed by atoms with E-state index in [9.17, 15) is 0 Å². The molecule has 0 heterocycles. The first kappa shape index (κ1) is 14.0. The Morgan fingerprint density at radius 1 is 1.29 bits per heavy atom. The summed E-state index contributed by atoms with van der Waals surface area (Å²) in [4.78, 5) is 0. The molecule has 0 saturated heterocycles. The van der Waals surface area contributed by atoms with E-state index in [0.29, 0.717) is 12.0 Å². The van der Waals surface area contributed by atoms with E-state index in [-0.39, 0.29) is 0 Å². The Kier molecular flexibility index (Phi) is 5.49. The van der Waals surface area contributed by atoms with E-state index in [0.717, 1.165) is 18.6 Å². The topological polar surface area (TPSA) is 21.3 Å². The number of hydrogen-bond donors (Lipinski definition) is 1. The molecule has 0 aliphatic heterocycles. The third-order valence-electron chi connectivity index (χ3n) is 3.35. The minimum Gasteiger partial charge on any atom is -0.496 e. The van der Waals surface area contributed by atoms with Crippen molar-refractivity contribution in [2.24, 2.45) is 0 Å². The number of rotatable bonds is 6. The fraction of sp³-hybridized carbons (Fsp3) is 0.600. The largest absolute Gasteiger partial charge is 0.496 e. The minimum absolute atomic E-state index is 0.522. The summed E-state index contributed by atoms with van der Waals surface area (Å²) in [5.41, 5.74) is 2.63.